The minimum Gasteiger partial charge on any atom is -0.420 e. The molecule has 3 N–H and O–H groups in total. The number of aromatic nitrogens is 2. The average Bonchev–Trinajstić information content (AvgIpc) is 3.05. The van der Waals surface area contributed by atoms with Crippen molar-refractivity contribution in [3.05, 3.63) is 82.2 Å². The van der Waals surface area contributed by atoms with E-state index in [4.69, 9.17) is 10.5 Å². The Labute approximate surface area is 151 Å². The highest BCUT2D eigenvalue weighted by Crippen LogP contribution is 2.46. The van der Waals surface area contributed by atoms with Gasteiger partial charge in [-0.3, -0.25) is 5.10 Å². The number of nitrogens with two attached hydrogens (primary N) is 1. The number of allylic oxidation sites excluding steroid dienone is 1. The molecule has 3 aromatic rings. The molecule has 0 spiro atoms. The summed E-state index contributed by atoms with van der Waals surface area (Å²) in [4.78, 5) is 0. The first kappa shape index (κ1) is 16.0. The van der Waals surface area contributed by atoms with Crippen molar-refractivity contribution in [3.63, 3.8) is 0 Å². The highest BCUT2D eigenvalue weighted by molar-refractivity contribution is 5.71. The SMILES string of the molecule is Cc1ccc(C2C(C#N)=C(N)Oc3n[nH]c(-c4ccccc4)c32)c(C)c1. The maximum Gasteiger partial charge on any atom is 0.244 e. The van der Waals surface area contributed by atoms with Crippen molar-refractivity contribution < 1.29 is 4.74 Å². The number of fused-ring (bicyclic) bond motifs is 1. The summed E-state index contributed by atoms with van der Waals surface area (Å²) < 4.78 is 5.65. The molecule has 1 unspecified atom stereocenters. The molecular formula is C21H18N4O. The molecule has 2 heterocycles. The standard InChI is InChI=1S/C21H18N4O/c1-12-8-9-15(13(2)10-12)17-16(11-22)20(23)26-21-18(17)19(24-25-21)14-6-4-3-5-7-14/h3-10,17H,23H2,1-2H3,(H,24,25). The van der Waals surface area contributed by atoms with Gasteiger partial charge in [-0.05, 0) is 30.5 Å². The minimum absolute atomic E-state index is 0.107. The summed E-state index contributed by atoms with van der Waals surface area (Å²) in [6.07, 6.45) is 0. The number of ether oxygens (including phenoxy) is 1. The average molecular weight is 342 g/mol. The number of H-pyrrole nitrogens is 1. The molecule has 1 atom stereocenters. The van der Waals surface area contributed by atoms with E-state index in [-0.39, 0.29) is 11.8 Å². The van der Waals surface area contributed by atoms with Gasteiger partial charge in [0.05, 0.1) is 17.2 Å². The molecule has 0 radical (unpaired) electrons. The Kier molecular flexibility index (Phi) is 3.74. The molecule has 0 fully saturated rings. The lowest BCUT2D eigenvalue weighted by Gasteiger charge is -2.25. The molecule has 0 amide bonds. The smallest absolute Gasteiger partial charge is 0.244 e. The summed E-state index contributed by atoms with van der Waals surface area (Å²) in [6, 6.07) is 18.3. The van der Waals surface area contributed by atoms with Crippen LogP contribution in [0.25, 0.3) is 11.3 Å². The molecule has 2 aromatic carbocycles. The molecule has 0 saturated carbocycles. The van der Waals surface area contributed by atoms with Crippen molar-refractivity contribution >= 4 is 0 Å². The van der Waals surface area contributed by atoms with Crippen LogP contribution >= 0.6 is 0 Å². The molecule has 0 aliphatic carbocycles. The molecule has 0 saturated heterocycles. The summed E-state index contributed by atoms with van der Waals surface area (Å²) in [5.74, 6) is 0.208. The fourth-order valence-corrected chi connectivity index (χ4v) is 3.53. The van der Waals surface area contributed by atoms with E-state index in [1.54, 1.807) is 0 Å². The first-order chi connectivity index (χ1) is 12.6. The Bertz CT molecular complexity index is 1060. The minimum atomic E-state index is -0.321. The molecule has 1 aromatic heterocycles. The predicted octanol–water partition coefficient (Wildman–Crippen LogP) is 3.91. The number of hydrogen-bond acceptors (Lipinski definition) is 4. The molecular weight excluding hydrogens is 324 g/mol. The number of aryl methyl sites for hydroxylation is 2. The zero-order chi connectivity index (χ0) is 18.3. The highest BCUT2D eigenvalue weighted by Gasteiger charge is 2.36. The van der Waals surface area contributed by atoms with E-state index in [0.717, 1.165) is 27.9 Å². The molecule has 5 nitrogen and oxygen atoms in total. The third-order valence-corrected chi connectivity index (χ3v) is 4.74. The van der Waals surface area contributed by atoms with Gasteiger partial charge in [0.2, 0.25) is 11.8 Å². The van der Waals surface area contributed by atoms with Crippen LogP contribution in [0.5, 0.6) is 5.88 Å². The number of nitrogens with zero attached hydrogens (tertiary/aromatic N) is 2. The van der Waals surface area contributed by atoms with Gasteiger partial charge in [-0.25, -0.2) is 0 Å². The second-order valence-corrected chi connectivity index (χ2v) is 6.47. The van der Waals surface area contributed by atoms with Crippen molar-refractivity contribution in [1.29, 1.82) is 5.26 Å². The molecule has 4 rings (SSSR count). The largest absolute Gasteiger partial charge is 0.420 e. The van der Waals surface area contributed by atoms with Crippen LogP contribution in [-0.2, 0) is 0 Å². The fraction of sp³-hybridized carbons (Fsp3) is 0.143. The number of hydrogen-bond donors (Lipinski definition) is 2. The van der Waals surface area contributed by atoms with Crippen LogP contribution in [0, 0.1) is 25.2 Å². The number of nitriles is 1. The number of nitrogens with one attached hydrogen (secondary N) is 1. The summed E-state index contributed by atoms with van der Waals surface area (Å²) in [6.45, 7) is 4.10. The van der Waals surface area contributed by atoms with Crippen molar-refractivity contribution in [2.45, 2.75) is 19.8 Å². The van der Waals surface area contributed by atoms with Crippen LogP contribution in [0.15, 0.2) is 60.0 Å². The van der Waals surface area contributed by atoms with Crippen molar-refractivity contribution in [1.82, 2.24) is 10.2 Å². The molecule has 128 valence electrons. The monoisotopic (exact) mass is 342 g/mol. The van der Waals surface area contributed by atoms with Gasteiger partial charge in [0.25, 0.3) is 0 Å². The quantitative estimate of drug-likeness (QED) is 0.739. The number of rotatable bonds is 2. The molecule has 1 aliphatic rings. The lowest BCUT2D eigenvalue weighted by atomic mass is 9.81. The molecule has 26 heavy (non-hydrogen) atoms. The zero-order valence-electron chi connectivity index (χ0n) is 14.6. The zero-order valence-corrected chi connectivity index (χ0v) is 14.6. The van der Waals surface area contributed by atoms with Gasteiger partial charge in [-0.15, -0.1) is 5.10 Å². The molecule has 0 bridgehead atoms. The van der Waals surface area contributed by atoms with Gasteiger partial charge in [0.1, 0.15) is 11.6 Å². The van der Waals surface area contributed by atoms with Gasteiger partial charge in [0, 0.05) is 0 Å². The van der Waals surface area contributed by atoms with E-state index in [1.807, 2.05) is 43.3 Å². The number of benzene rings is 2. The fourth-order valence-electron chi connectivity index (χ4n) is 3.53. The van der Waals surface area contributed by atoms with Crippen LogP contribution in [0.3, 0.4) is 0 Å². The lowest BCUT2D eigenvalue weighted by Crippen LogP contribution is -2.21. The van der Waals surface area contributed by atoms with Gasteiger partial charge in [0.15, 0.2) is 0 Å². The Morgan fingerprint density at radius 3 is 2.62 bits per heavy atom. The second-order valence-electron chi connectivity index (χ2n) is 6.47. The van der Waals surface area contributed by atoms with E-state index in [1.165, 1.54) is 5.56 Å². The third-order valence-electron chi connectivity index (χ3n) is 4.74. The summed E-state index contributed by atoms with van der Waals surface area (Å²) >= 11 is 0. The van der Waals surface area contributed by atoms with Crippen molar-refractivity contribution in [2.75, 3.05) is 0 Å². The summed E-state index contributed by atoms with van der Waals surface area (Å²) in [5.41, 5.74) is 12.4. The van der Waals surface area contributed by atoms with Crippen LogP contribution in [0.1, 0.15) is 28.2 Å². The first-order valence-corrected chi connectivity index (χ1v) is 8.38. The van der Waals surface area contributed by atoms with Crippen LogP contribution < -0.4 is 10.5 Å². The topological polar surface area (TPSA) is 87.7 Å². The van der Waals surface area contributed by atoms with Gasteiger partial charge >= 0.3 is 0 Å². The van der Waals surface area contributed by atoms with E-state index >= 15 is 0 Å². The van der Waals surface area contributed by atoms with Gasteiger partial charge < -0.3 is 10.5 Å². The van der Waals surface area contributed by atoms with Gasteiger partial charge in [-0.1, -0.05) is 54.1 Å². The highest BCUT2D eigenvalue weighted by atomic mass is 16.5. The second kappa shape index (κ2) is 6.08. The first-order valence-electron chi connectivity index (χ1n) is 8.38. The van der Waals surface area contributed by atoms with Crippen LogP contribution in [0.2, 0.25) is 0 Å². The van der Waals surface area contributed by atoms with Gasteiger partial charge in [-0.2, -0.15) is 5.26 Å². The normalized spacial score (nSPS) is 16.0. The van der Waals surface area contributed by atoms with E-state index in [2.05, 4.69) is 35.3 Å². The molecule has 1 aliphatic heterocycles. The Hall–Kier alpha value is -3.52. The Balaban J connectivity index is 1.99. The van der Waals surface area contributed by atoms with Crippen molar-refractivity contribution in [2.24, 2.45) is 5.73 Å². The van der Waals surface area contributed by atoms with E-state index in [9.17, 15) is 5.26 Å². The van der Waals surface area contributed by atoms with E-state index < -0.39 is 0 Å². The molecule has 5 heteroatoms. The van der Waals surface area contributed by atoms with Crippen molar-refractivity contribution in [3.8, 4) is 23.2 Å². The Morgan fingerprint density at radius 1 is 1.15 bits per heavy atom. The number of aromatic amines is 1. The van der Waals surface area contributed by atoms with Crippen LogP contribution in [0.4, 0.5) is 0 Å². The van der Waals surface area contributed by atoms with Crippen LogP contribution in [-0.4, -0.2) is 10.2 Å². The predicted molar refractivity (Wildman–Crippen MR) is 99.2 cm³/mol. The van der Waals surface area contributed by atoms with E-state index in [0.29, 0.717) is 11.5 Å². The lowest BCUT2D eigenvalue weighted by molar-refractivity contribution is 0.379. The Morgan fingerprint density at radius 2 is 1.92 bits per heavy atom. The summed E-state index contributed by atoms with van der Waals surface area (Å²) in [7, 11) is 0. The maximum absolute atomic E-state index is 9.76. The maximum atomic E-state index is 9.76. The summed E-state index contributed by atoms with van der Waals surface area (Å²) in [5, 5.41) is 17.1. The third kappa shape index (κ3) is 2.44.